The Hall–Kier alpha value is -3.86. The quantitative estimate of drug-likeness (QED) is 0.162. The molecule has 0 spiro atoms. The molecule has 0 radical (unpaired) electrons. The van der Waals surface area contributed by atoms with Crippen LogP contribution in [0.25, 0.3) is 10.2 Å². The van der Waals surface area contributed by atoms with Crippen molar-refractivity contribution >= 4 is 50.8 Å². The first-order valence-corrected chi connectivity index (χ1v) is 15.4. The van der Waals surface area contributed by atoms with E-state index in [4.69, 9.17) is 14.5 Å². The molecule has 0 bridgehead atoms. The van der Waals surface area contributed by atoms with Crippen LogP contribution < -0.4 is 4.90 Å². The van der Waals surface area contributed by atoms with Crippen molar-refractivity contribution in [2.45, 2.75) is 35.9 Å². The molecule has 1 saturated heterocycles. The van der Waals surface area contributed by atoms with E-state index in [9.17, 15) is 14.7 Å². The summed E-state index contributed by atoms with van der Waals surface area (Å²) in [5.74, 6) is 0.0524. The third-order valence-corrected chi connectivity index (χ3v) is 9.81. The average molecular weight is 595 g/mol. The minimum absolute atomic E-state index is 0.0155. The first kappa shape index (κ1) is 27.0. The van der Waals surface area contributed by atoms with Crippen LogP contribution in [0.2, 0.25) is 0 Å². The molecule has 3 atom stereocenters. The maximum Gasteiger partial charge on any atom is 0.266 e. The maximum atomic E-state index is 13.0. The molecule has 42 heavy (non-hydrogen) atoms. The Morgan fingerprint density at radius 1 is 0.833 bits per heavy atom. The number of aliphatic hydroxyl groups excluding tert-OH is 1. The van der Waals surface area contributed by atoms with E-state index in [0.29, 0.717) is 29.0 Å². The fourth-order valence-corrected chi connectivity index (χ4v) is 7.42. The van der Waals surface area contributed by atoms with Crippen LogP contribution >= 0.6 is 23.1 Å². The molecule has 2 amide bonds. The monoisotopic (exact) mass is 594 g/mol. The second-order valence-corrected chi connectivity index (χ2v) is 12.5. The smallest absolute Gasteiger partial charge is 0.266 e. The number of nitrogens with zero attached hydrogens (tertiary/aromatic N) is 2. The lowest BCUT2D eigenvalue weighted by Gasteiger charge is -2.36. The molecular formula is C33H26N2O5S2. The topological polar surface area (TPSA) is 89.0 Å². The number of carbonyl (C=O) groups is 2. The predicted molar refractivity (Wildman–Crippen MR) is 163 cm³/mol. The number of anilines is 1. The van der Waals surface area contributed by atoms with Crippen LogP contribution in [0.4, 0.5) is 5.69 Å². The van der Waals surface area contributed by atoms with Crippen molar-refractivity contribution in [1.82, 2.24) is 4.98 Å². The van der Waals surface area contributed by atoms with Gasteiger partial charge in [0.1, 0.15) is 0 Å². The number of ether oxygens (including phenoxy) is 2. The Labute approximate surface area is 250 Å². The van der Waals surface area contributed by atoms with Crippen LogP contribution in [0.3, 0.4) is 0 Å². The van der Waals surface area contributed by atoms with E-state index < -0.39 is 6.29 Å². The number of hydrogen-bond donors (Lipinski definition) is 1. The predicted octanol–water partition coefficient (Wildman–Crippen LogP) is 6.93. The summed E-state index contributed by atoms with van der Waals surface area (Å²) in [5, 5.41) is 9.48. The van der Waals surface area contributed by atoms with E-state index in [1.165, 1.54) is 4.90 Å². The Bertz CT molecular complexity index is 1700. The summed E-state index contributed by atoms with van der Waals surface area (Å²) in [4.78, 5) is 31.9. The highest BCUT2D eigenvalue weighted by atomic mass is 32.2. The Morgan fingerprint density at radius 2 is 1.50 bits per heavy atom. The van der Waals surface area contributed by atoms with Gasteiger partial charge >= 0.3 is 0 Å². The lowest BCUT2D eigenvalue weighted by molar-refractivity contribution is -0.245. The molecular weight excluding hydrogens is 569 g/mol. The second kappa shape index (κ2) is 11.4. The van der Waals surface area contributed by atoms with Crippen LogP contribution in [0, 0.1) is 0 Å². The van der Waals surface area contributed by atoms with Crippen LogP contribution in [0.15, 0.2) is 101 Å². The van der Waals surface area contributed by atoms with Crippen LogP contribution in [-0.2, 0) is 16.1 Å². The van der Waals surface area contributed by atoms with Crippen molar-refractivity contribution in [3.8, 4) is 0 Å². The third-order valence-electron chi connectivity index (χ3n) is 7.50. The standard InChI is InChI=1S/C33H26N2O5S2/c36-18-20-9-11-21(12-10-20)28-17-24(19-41-33-34-27-7-3-4-8-29(27)42-33)39-32(40-28)22-13-15-23(16-14-22)35-30(37)25-5-1-2-6-26(25)31(35)38/h1-16,24,28,32,36H,17-19H2/t24-,28+,32+/m0/s1. The van der Waals surface area contributed by atoms with Crippen molar-refractivity contribution in [1.29, 1.82) is 0 Å². The lowest BCUT2D eigenvalue weighted by atomic mass is 10.0. The molecule has 0 saturated carbocycles. The fourth-order valence-electron chi connectivity index (χ4n) is 5.30. The molecule has 0 unspecified atom stereocenters. The van der Waals surface area contributed by atoms with E-state index in [2.05, 4.69) is 6.07 Å². The highest BCUT2D eigenvalue weighted by Crippen LogP contribution is 2.41. The molecule has 1 aromatic heterocycles. The number of rotatable bonds is 7. The minimum Gasteiger partial charge on any atom is -0.392 e. The van der Waals surface area contributed by atoms with E-state index in [-0.39, 0.29) is 30.6 Å². The summed E-state index contributed by atoms with van der Waals surface area (Å²) in [5.41, 5.74) is 4.97. The van der Waals surface area contributed by atoms with Gasteiger partial charge < -0.3 is 14.6 Å². The van der Waals surface area contributed by atoms with Gasteiger partial charge in [0, 0.05) is 17.7 Å². The zero-order valence-electron chi connectivity index (χ0n) is 22.4. The Kier molecular flexibility index (Phi) is 7.35. The van der Waals surface area contributed by atoms with Crippen LogP contribution in [0.1, 0.15) is 56.2 Å². The van der Waals surface area contributed by atoms with Crippen molar-refractivity contribution in [2.75, 3.05) is 10.7 Å². The number of amides is 2. The zero-order valence-corrected chi connectivity index (χ0v) is 24.0. The Balaban J connectivity index is 1.12. The molecule has 0 aliphatic carbocycles. The molecule has 7 rings (SSSR count). The van der Waals surface area contributed by atoms with Gasteiger partial charge in [-0.3, -0.25) is 9.59 Å². The summed E-state index contributed by atoms with van der Waals surface area (Å²) in [6, 6.07) is 30.0. The number of thiazole rings is 1. The maximum absolute atomic E-state index is 13.0. The van der Waals surface area contributed by atoms with E-state index in [0.717, 1.165) is 31.2 Å². The highest BCUT2D eigenvalue weighted by molar-refractivity contribution is 8.01. The van der Waals surface area contributed by atoms with E-state index in [1.54, 1.807) is 59.5 Å². The molecule has 210 valence electrons. The molecule has 7 nitrogen and oxygen atoms in total. The van der Waals surface area contributed by atoms with Crippen molar-refractivity contribution in [3.63, 3.8) is 0 Å². The first-order valence-electron chi connectivity index (χ1n) is 13.6. The number of aliphatic hydroxyl groups is 1. The number of carbonyl (C=O) groups excluding carboxylic acids is 2. The molecule has 4 aromatic carbocycles. The number of para-hydroxylation sites is 1. The van der Waals surface area contributed by atoms with Gasteiger partial charge in [0.15, 0.2) is 10.6 Å². The van der Waals surface area contributed by atoms with Gasteiger partial charge in [0.05, 0.1) is 45.8 Å². The minimum atomic E-state index is -0.640. The van der Waals surface area contributed by atoms with E-state index >= 15 is 0 Å². The van der Waals surface area contributed by atoms with Gasteiger partial charge in [-0.25, -0.2) is 9.88 Å². The van der Waals surface area contributed by atoms with Crippen LogP contribution in [0.5, 0.6) is 0 Å². The number of hydrogen-bond acceptors (Lipinski definition) is 8. The number of fused-ring (bicyclic) bond motifs is 2. The zero-order chi connectivity index (χ0) is 28.6. The number of benzene rings is 4. The van der Waals surface area contributed by atoms with Crippen molar-refractivity contribution in [2.24, 2.45) is 0 Å². The average Bonchev–Trinajstić information content (AvgIpc) is 3.58. The van der Waals surface area contributed by atoms with Gasteiger partial charge in [-0.1, -0.05) is 72.4 Å². The van der Waals surface area contributed by atoms with Gasteiger partial charge in [0.2, 0.25) is 0 Å². The normalized spacial score (nSPS) is 20.3. The molecule has 9 heteroatoms. The molecule has 1 fully saturated rings. The molecule has 2 aliphatic heterocycles. The van der Waals surface area contributed by atoms with Crippen molar-refractivity contribution in [3.05, 3.63) is 125 Å². The molecule has 1 N–H and O–H groups in total. The molecule has 3 heterocycles. The third kappa shape index (κ3) is 5.14. The Morgan fingerprint density at radius 3 is 2.19 bits per heavy atom. The fraction of sp³-hybridized carbons (Fsp3) is 0.182. The summed E-state index contributed by atoms with van der Waals surface area (Å²) in [6.45, 7) is -0.0155. The molecule has 2 aliphatic rings. The largest absolute Gasteiger partial charge is 0.392 e. The molecule has 5 aromatic rings. The van der Waals surface area contributed by atoms with Gasteiger partial charge in [-0.15, -0.1) is 11.3 Å². The lowest BCUT2D eigenvalue weighted by Crippen LogP contribution is -2.31. The highest BCUT2D eigenvalue weighted by Gasteiger charge is 2.37. The second-order valence-electron chi connectivity index (χ2n) is 10.2. The van der Waals surface area contributed by atoms with E-state index in [1.807, 2.05) is 54.6 Å². The SMILES string of the molecule is O=C1c2ccccc2C(=O)N1c1ccc([C@@H]2O[C@H](CSc3nc4ccccc4s3)C[C@H](c3ccc(CO)cc3)O2)cc1. The van der Waals surface area contributed by atoms with Gasteiger partial charge in [0.25, 0.3) is 11.8 Å². The van der Waals surface area contributed by atoms with Gasteiger partial charge in [-0.05, 0) is 47.5 Å². The first-order chi connectivity index (χ1) is 20.6. The summed E-state index contributed by atoms with van der Waals surface area (Å²) in [7, 11) is 0. The van der Waals surface area contributed by atoms with Gasteiger partial charge in [-0.2, -0.15) is 0 Å². The number of imide groups is 1. The summed E-state index contributed by atoms with van der Waals surface area (Å²) < 4.78 is 15.1. The van der Waals surface area contributed by atoms with Crippen molar-refractivity contribution < 1.29 is 24.2 Å². The number of thioether (sulfide) groups is 1. The summed E-state index contributed by atoms with van der Waals surface area (Å²) in [6.07, 6.45) is -0.300. The number of aromatic nitrogens is 1. The summed E-state index contributed by atoms with van der Waals surface area (Å²) >= 11 is 3.35. The van der Waals surface area contributed by atoms with Crippen LogP contribution in [-0.4, -0.2) is 33.8 Å².